The molecule has 1 fully saturated rings. The summed E-state index contributed by atoms with van der Waals surface area (Å²) in [6.07, 6.45) is -1.71. The van der Waals surface area contributed by atoms with Gasteiger partial charge >= 0.3 is 12.2 Å². The van der Waals surface area contributed by atoms with E-state index in [2.05, 4.69) is 5.43 Å². The SMILES string of the molecule is C[C@@H]1CN(OCc2ccccc2)C(=O)[C@@H]1N(NC(=O)OC(C)(C)C)C(=O)OC(C)(C)C. The number of ether oxygens (including phenoxy) is 2. The van der Waals surface area contributed by atoms with Crippen molar-refractivity contribution in [3.05, 3.63) is 35.9 Å². The van der Waals surface area contributed by atoms with E-state index >= 15 is 0 Å². The molecule has 1 saturated heterocycles. The molecular weight excluding hydrogens is 402 g/mol. The molecule has 1 heterocycles. The van der Waals surface area contributed by atoms with E-state index in [1.807, 2.05) is 30.3 Å². The molecule has 0 radical (unpaired) electrons. The molecule has 1 aromatic carbocycles. The minimum Gasteiger partial charge on any atom is -0.443 e. The maximum Gasteiger partial charge on any atom is 0.430 e. The van der Waals surface area contributed by atoms with Crippen LogP contribution in [0.25, 0.3) is 0 Å². The van der Waals surface area contributed by atoms with E-state index in [0.717, 1.165) is 10.6 Å². The first-order chi connectivity index (χ1) is 14.3. The summed E-state index contributed by atoms with van der Waals surface area (Å²) in [6.45, 7) is 12.5. The Hall–Kier alpha value is -2.81. The summed E-state index contributed by atoms with van der Waals surface area (Å²) in [5.74, 6) is -0.781. The molecule has 0 saturated carbocycles. The second kappa shape index (κ2) is 9.55. The maximum absolute atomic E-state index is 13.1. The highest BCUT2D eigenvalue weighted by Crippen LogP contribution is 2.25. The minimum atomic E-state index is -1.00. The fourth-order valence-electron chi connectivity index (χ4n) is 2.99. The van der Waals surface area contributed by atoms with Gasteiger partial charge in [-0.15, -0.1) is 0 Å². The standard InChI is InChI=1S/C22H33N3O6/c1-15-13-24(29-14-16-11-9-8-10-12-16)18(26)17(15)25(20(28)31-22(5,6)7)23-19(27)30-21(2,3)4/h8-12,15,17H,13-14H2,1-7H3,(H,23,27)/t15-,17-/m1/s1. The van der Waals surface area contributed by atoms with Crippen LogP contribution in [-0.4, -0.2) is 52.0 Å². The first-order valence-corrected chi connectivity index (χ1v) is 10.3. The molecule has 1 aliphatic heterocycles. The quantitative estimate of drug-likeness (QED) is 0.725. The van der Waals surface area contributed by atoms with Crippen LogP contribution in [0.5, 0.6) is 0 Å². The summed E-state index contributed by atoms with van der Waals surface area (Å²) in [4.78, 5) is 44.0. The molecule has 172 valence electrons. The van der Waals surface area contributed by atoms with Gasteiger partial charge < -0.3 is 9.47 Å². The lowest BCUT2D eigenvalue weighted by molar-refractivity contribution is -0.185. The second-order valence-corrected chi connectivity index (χ2v) is 9.54. The molecule has 1 aromatic rings. The second-order valence-electron chi connectivity index (χ2n) is 9.54. The lowest BCUT2D eigenvalue weighted by Gasteiger charge is -2.32. The lowest BCUT2D eigenvalue weighted by Crippen LogP contribution is -2.57. The zero-order valence-electron chi connectivity index (χ0n) is 19.3. The van der Waals surface area contributed by atoms with Gasteiger partial charge in [-0.25, -0.2) is 25.1 Å². The number of hydrogen-bond donors (Lipinski definition) is 1. The number of rotatable bonds is 4. The third-order valence-corrected chi connectivity index (χ3v) is 4.20. The number of carbonyl (C=O) groups excluding carboxylic acids is 3. The van der Waals surface area contributed by atoms with Gasteiger partial charge in [0.05, 0.1) is 6.54 Å². The summed E-state index contributed by atoms with van der Waals surface area (Å²) < 4.78 is 10.7. The number of hydrazine groups is 1. The van der Waals surface area contributed by atoms with E-state index in [4.69, 9.17) is 14.3 Å². The van der Waals surface area contributed by atoms with Crippen molar-refractivity contribution in [3.8, 4) is 0 Å². The van der Waals surface area contributed by atoms with Gasteiger partial charge in [-0.1, -0.05) is 37.3 Å². The van der Waals surface area contributed by atoms with Crippen LogP contribution in [0.15, 0.2) is 30.3 Å². The summed E-state index contributed by atoms with van der Waals surface area (Å²) >= 11 is 0. The molecule has 0 aromatic heterocycles. The molecule has 0 bridgehead atoms. The van der Waals surface area contributed by atoms with Gasteiger partial charge in [0.1, 0.15) is 23.9 Å². The molecular formula is C22H33N3O6. The molecule has 1 N–H and O–H groups in total. The molecule has 1 aliphatic rings. The van der Waals surface area contributed by atoms with Crippen LogP contribution < -0.4 is 5.43 Å². The Kier molecular flexibility index (Phi) is 7.54. The number of nitrogens with one attached hydrogen (secondary N) is 1. The molecule has 9 nitrogen and oxygen atoms in total. The number of hydrogen-bond acceptors (Lipinski definition) is 6. The Labute approximate surface area is 183 Å². The Balaban J connectivity index is 2.17. The summed E-state index contributed by atoms with van der Waals surface area (Å²) in [7, 11) is 0. The van der Waals surface area contributed by atoms with E-state index in [0.29, 0.717) is 0 Å². The van der Waals surface area contributed by atoms with Gasteiger partial charge in [0.2, 0.25) is 0 Å². The third-order valence-electron chi connectivity index (χ3n) is 4.20. The van der Waals surface area contributed by atoms with Crippen LogP contribution >= 0.6 is 0 Å². The van der Waals surface area contributed by atoms with Crippen molar-refractivity contribution in [1.82, 2.24) is 15.5 Å². The van der Waals surface area contributed by atoms with E-state index in [1.165, 1.54) is 5.06 Å². The van der Waals surface area contributed by atoms with E-state index in [-0.39, 0.29) is 19.1 Å². The van der Waals surface area contributed by atoms with Crippen LogP contribution in [0.2, 0.25) is 0 Å². The number of carbonyl (C=O) groups is 3. The van der Waals surface area contributed by atoms with Crippen molar-refractivity contribution in [2.24, 2.45) is 5.92 Å². The van der Waals surface area contributed by atoms with Gasteiger partial charge in [0, 0.05) is 5.92 Å². The number of hydroxylamine groups is 2. The zero-order chi connectivity index (χ0) is 23.4. The molecule has 3 amide bonds. The topological polar surface area (TPSA) is 97.4 Å². The normalized spacial score (nSPS) is 19.2. The molecule has 0 spiro atoms. The summed E-state index contributed by atoms with van der Waals surface area (Å²) in [5.41, 5.74) is 1.69. The van der Waals surface area contributed by atoms with Crippen LogP contribution in [0.1, 0.15) is 54.0 Å². The smallest absolute Gasteiger partial charge is 0.430 e. The van der Waals surface area contributed by atoms with E-state index in [9.17, 15) is 14.4 Å². The first kappa shape index (κ1) is 24.5. The van der Waals surface area contributed by atoms with Crippen molar-refractivity contribution in [3.63, 3.8) is 0 Å². The maximum atomic E-state index is 13.1. The Bertz CT molecular complexity index is 785. The predicted molar refractivity (Wildman–Crippen MR) is 113 cm³/mol. The predicted octanol–water partition coefficient (Wildman–Crippen LogP) is 3.64. The third kappa shape index (κ3) is 7.43. The van der Waals surface area contributed by atoms with Gasteiger partial charge in [0.25, 0.3) is 5.91 Å². The Morgan fingerprint density at radius 2 is 1.65 bits per heavy atom. The van der Waals surface area contributed by atoms with Crippen LogP contribution in [0, 0.1) is 5.92 Å². The van der Waals surface area contributed by atoms with Crippen molar-refractivity contribution >= 4 is 18.1 Å². The monoisotopic (exact) mass is 435 g/mol. The van der Waals surface area contributed by atoms with Crippen molar-refractivity contribution in [2.75, 3.05) is 6.54 Å². The number of amides is 3. The van der Waals surface area contributed by atoms with Crippen LogP contribution in [0.4, 0.5) is 9.59 Å². The molecule has 2 rings (SSSR count). The molecule has 0 unspecified atom stereocenters. The van der Waals surface area contributed by atoms with Crippen LogP contribution in [0.3, 0.4) is 0 Å². The minimum absolute atomic E-state index is 0.206. The molecule has 0 aliphatic carbocycles. The fraction of sp³-hybridized carbons (Fsp3) is 0.591. The average molecular weight is 436 g/mol. The van der Waals surface area contributed by atoms with Gasteiger partial charge in [0.15, 0.2) is 0 Å². The summed E-state index contributed by atoms with van der Waals surface area (Å²) in [5, 5.41) is 2.12. The largest absolute Gasteiger partial charge is 0.443 e. The molecule has 9 heteroatoms. The van der Waals surface area contributed by atoms with Crippen molar-refractivity contribution < 1.29 is 28.7 Å². The van der Waals surface area contributed by atoms with Gasteiger partial charge in [-0.3, -0.25) is 9.63 Å². The highest BCUT2D eigenvalue weighted by Gasteiger charge is 2.47. The zero-order valence-corrected chi connectivity index (χ0v) is 19.3. The van der Waals surface area contributed by atoms with E-state index in [1.54, 1.807) is 48.5 Å². The van der Waals surface area contributed by atoms with Gasteiger partial charge in [-0.2, -0.15) is 0 Å². The number of benzene rings is 1. The average Bonchev–Trinajstić information content (AvgIpc) is 2.89. The first-order valence-electron chi connectivity index (χ1n) is 10.3. The fourth-order valence-corrected chi connectivity index (χ4v) is 2.99. The highest BCUT2D eigenvalue weighted by molar-refractivity contribution is 5.88. The number of nitrogens with zero attached hydrogens (tertiary/aromatic N) is 2. The summed E-state index contributed by atoms with van der Waals surface area (Å²) in [6, 6.07) is 8.43. The highest BCUT2D eigenvalue weighted by atomic mass is 16.7. The Morgan fingerprint density at radius 3 is 2.19 bits per heavy atom. The van der Waals surface area contributed by atoms with E-state index < -0.39 is 35.3 Å². The lowest BCUT2D eigenvalue weighted by atomic mass is 10.1. The van der Waals surface area contributed by atoms with Crippen LogP contribution in [-0.2, 0) is 25.7 Å². The Morgan fingerprint density at radius 1 is 1.06 bits per heavy atom. The van der Waals surface area contributed by atoms with Crippen molar-refractivity contribution in [1.29, 1.82) is 0 Å². The van der Waals surface area contributed by atoms with Crippen molar-refractivity contribution in [2.45, 2.75) is 72.3 Å². The van der Waals surface area contributed by atoms with Gasteiger partial charge in [-0.05, 0) is 47.1 Å². The molecule has 31 heavy (non-hydrogen) atoms. The molecule has 2 atom stereocenters.